The quantitative estimate of drug-likeness (QED) is 0.511. The Labute approximate surface area is 189 Å². The SMILES string of the molecule is CS(=O)(=O)N(Cc1ccccc1Cl)c1ccc(OCC(=O)Nc2ccc(F)c(F)c2)cc1. The number of benzene rings is 3. The number of hydrogen-bond donors (Lipinski definition) is 1. The molecule has 0 bridgehead atoms. The molecule has 0 radical (unpaired) electrons. The molecule has 168 valence electrons. The number of rotatable bonds is 8. The van der Waals surface area contributed by atoms with Gasteiger partial charge in [-0.05, 0) is 48.0 Å². The van der Waals surface area contributed by atoms with Crippen molar-refractivity contribution in [2.45, 2.75) is 6.54 Å². The third kappa shape index (κ3) is 6.18. The minimum atomic E-state index is -3.60. The lowest BCUT2D eigenvalue weighted by Gasteiger charge is -2.23. The molecule has 0 spiro atoms. The van der Waals surface area contributed by atoms with Crippen molar-refractivity contribution in [2.75, 3.05) is 22.5 Å². The van der Waals surface area contributed by atoms with E-state index in [0.29, 0.717) is 22.0 Å². The second-order valence-electron chi connectivity index (χ2n) is 6.82. The monoisotopic (exact) mass is 480 g/mol. The highest BCUT2D eigenvalue weighted by Crippen LogP contribution is 2.26. The zero-order valence-electron chi connectivity index (χ0n) is 16.9. The van der Waals surface area contributed by atoms with Crippen molar-refractivity contribution in [1.29, 1.82) is 0 Å². The third-order valence-corrected chi connectivity index (χ3v) is 5.88. The number of carbonyl (C=O) groups excluding carboxylic acids is 1. The Balaban J connectivity index is 1.65. The molecule has 0 aliphatic rings. The fourth-order valence-electron chi connectivity index (χ4n) is 2.81. The molecule has 1 amide bonds. The van der Waals surface area contributed by atoms with Crippen molar-refractivity contribution >= 4 is 38.9 Å². The Morgan fingerprint density at radius 1 is 1.03 bits per heavy atom. The predicted molar refractivity (Wildman–Crippen MR) is 119 cm³/mol. The van der Waals surface area contributed by atoms with E-state index >= 15 is 0 Å². The average molecular weight is 481 g/mol. The summed E-state index contributed by atoms with van der Waals surface area (Å²) in [7, 11) is -3.60. The van der Waals surface area contributed by atoms with Crippen LogP contribution in [0.15, 0.2) is 66.7 Å². The number of sulfonamides is 1. The first-order valence-corrected chi connectivity index (χ1v) is 11.5. The Bertz CT molecular complexity index is 1220. The summed E-state index contributed by atoms with van der Waals surface area (Å²) in [6.45, 7) is -0.330. The molecule has 3 aromatic rings. The van der Waals surface area contributed by atoms with Gasteiger partial charge in [0.05, 0.1) is 18.5 Å². The standard InChI is InChI=1S/C22H19ClF2N2O4S/c1-32(29,30)27(13-15-4-2-3-5-19(15)23)17-7-9-18(10-8-17)31-14-22(28)26-16-6-11-20(24)21(25)12-16/h2-12H,13-14H2,1H3,(H,26,28). The van der Waals surface area contributed by atoms with Crippen molar-refractivity contribution in [2.24, 2.45) is 0 Å². The smallest absolute Gasteiger partial charge is 0.262 e. The summed E-state index contributed by atoms with van der Waals surface area (Å²) < 4.78 is 57.4. The number of halogens is 3. The molecular weight excluding hydrogens is 462 g/mol. The van der Waals surface area contributed by atoms with Crippen molar-refractivity contribution in [3.8, 4) is 5.75 Å². The Morgan fingerprint density at radius 3 is 2.34 bits per heavy atom. The van der Waals surface area contributed by atoms with Gasteiger partial charge >= 0.3 is 0 Å². The van der Waals surface area contributed by atoms with E-state index in [2.05, 4.69) is 5.32 Å². The largest absolute Gasteiger partial charge is 0.484 e. The highest BCUT2D eigenvalue weighted by atomic mass is 35.5. The molecule has 0 saturated carbocycles. The number of anilines is 2. The third-order valence-electron chi connectivity index (χ3n) is 4.37. The van der Waals surface area contributed by atoms with E-state index in [4.69, 9.17) is 16.3 Å². The van der Waals surface area contributed by atoms with Gasteiger partial charge in [0, 0.05) is 16.8 Å². The molecule has 0 saturated heterocycles. The number of nitrogens with one attached hydrogen (secondary N) is 1. The fraction of sp³-hybridized carbons (Fsp3) is 0.136. The molecule has 10 heteroatoms. The second-order valence-corrected chi connectivity index (χ2v) is 9.13. The van der Waals surface area contributed by atoms with E-state index in [1.54, 1.807) is 36.4 Å². The first-order chi connectivity index (χ1) is 15.1. The molecule has 0 fully saturated rings. The van der Waals surface area contributed by atoms with Crippen LogP contribution >= 0.6 is 11.6 Å². The number of amides is 1. The number of nitrogens with zero attached hydrogens (tertiary/aromatic N) is 1. The van der Waals surface area contributed by atoms with Gasteiger partial charge in [0.1, 0.15) is 5.75 Å². The number of hydrogen-bond acceptors (Lipinski definition) is 4. The first kappa shape index (κ1) is 23.5. The van der Waals surface area contributed by atoms with Crippen LogP contribution in [-0.2, 0) is 21.4 Å². The lowest BCUT2D eigenvalue weighted by atomic mass is 10.2. The summed E-state index contributed by atoms with van der Waals surface area (Å²) in [5, 5.41) is 2.84. The van der Waals surface area contributed by atoms with Gasteiger partial charge in [0.25, 0.3) is 5.91 Å². The van der Waals surface area contributed by atoms with Crippen LogP contribution in [0.2, 0.25) is 5.02 Å². The molecule has 0 heterocycles. The van der Waals surface area contributed by atoms with Gasteiger partial charge in [-0.15, -0.1) is 0 Å². The molecule has 0 unspecified atom stereocenters. The zero-order chi connectivity index (χ0) is 23.3. The molecule has 6 nitrogen and oxygen atoms in total. The maximum absolute atomic E-state index is 13.2. The molecule has 0 atom stereocenters. The van der Waals surface area contributed by atoms with Gasteiger partial charge in [0.15, 0.2) is 18.2 Å². The summed E-state index contributed by atoms with van der Waals surface area (Å²) in [6.07, 6.45) is 1.09. The fourth-order valence-corrected chi connectivity index (χ4v) is 3.88. The van der Waals surface area contributed by atoms with Crippen molar-refractivity contribution < 1.29 is 26.7 Å². The molecule has 1 N–H and O–H groups in total. The highest BCUT2D eigenvalue weighted by Gasteiger charge is 2.19. The Hall–Kier alpha value is -3.17. The van der Waals surface area contributed by atoms with Crippen LogP contribution in [-0.4, -0.2) is 27.2 Å². The molecular formula is C22H19ClF2N2O4S. The summed E-state index contributed by atoms with van der Waals surface area (Å²) in [4.78, 5) is 12.0. The van der Waals surface area contributed by atoms with Crippen LogP contribution in [0.25, 0.3) is 0 Å². The minimum Gasteiger partial charge on any atom is -0.484 e. The molecule has 3 rings (SSSR count). The van der Waals surface area contributed by atoms with E-state index in [1.807, 2.05) is 0 Å². The van der Waals surface area contributed by atoms with E-state index in [0.717, 1.165) is 18.4 Å². The predicted octanol–water partition coefficient (Wildman–Crippen LogP) is 4.60. The summed E-state index contributed by atoms with van der Waals surface area (Å²) in [5.41, 5.74) is 1.14. The molecule has 0 aliphatic carbocycles. The second kappa shape index (κ2) is 9.97. The molecule has 32 heavy (non-hydrogen) atoms. The van der Waals surface area contributed by atoms with Crippen molar-refractivity contribution in [3.63, 3.8) is 0 Å². The summed E-state index contributed by atoms with van der Waals surface area (Å²) >= 11 is 6.16. The van der Waals surface area contributed by atoms with E-state index in [-0.39, 0.29) is 18.8 Å². The van der Waals surface area contributed by atoms with Gasteiger partial charge < -0.3 is 10.1 Å². The Kier molecular flexibility index (Phi) is 7.32. The van der Waals surface area contributed by atoms with E-state index < -0.39 is 27.6 Å². The van der Waals surface area contributed by atoms with E-state index in [1.165, 1.54) is 22.5 Å². The number of carbonyl (C=O) groups is 1. The van der Waals surface area contributed by atoms with Crippen LogP contribution in [0.3, 0.4) is 0 Å². The van der Waals surface area contributed by atoms with Crippen LogP contribution in [0.1, 0.15) is 5.56 Å². The summed E-state index contributed by atoms with van der Waals surface area (Å²) in [6, 6.07) is 16.1. The molecule has 3 aromatic carbocycles. The van der Waals surface area contributed by atoms with Crippen LogP contribution < -0.4 is 14.4 Å². The first-order valence-electron chi connectivity index (χ1n) is 9.32. The van der Waals surface area contributed by atoms with Crippen molar-refractivity contribution in [3.05, 3.63) is 89.0 Å². The van der Waals surface area contributed by atoms with Crippen LogP contribution in [0, 0.1) is 11.6 Å². The van der Waals surface area contributed by atoms with E-state index in [9.17, 15) is 22.0 Å². The molecule has 0 aliphatic heterocycles. The van der Waals surface area contributed by atoms with Gasteiger partial charge in [-0.25, -0.2) is 17.2 Å². The van der Waals surface area contributed by atoms with Gasteiger partial charge in [-0.1, -0.05) is 29.8 Å². The Morgan fingerprint density at radius 2 is 1.72 bits per heavy atom. The summed E-state index contributed by atoms with van der Waals surface area (Å²) in [5.74, 6) is -2.35. The van der Waals surface area contributed by atoms with Gasteiger partial charge in [-0.3, -0.25) is 9.10 Å². The maximum Gasteiger partial charge on any atom is 0.262 e. The zero-order valence-corrected chi connectivity index (χ0v) is 18.5. The lowest BCUT2D eigenvalue weighted by molar-refractivity contribution is -0.118. The van der Waals surface area contributed by atoms with Crippen molar-refractivity contribution in [1.82, 2.24) is 0 Å². The van der Waals surface area contributed by atoms with Gasteiger partial charge in [-0.2, -0.15) is 0 Å². The highest BCUT2D eigenvalue weighted by molar-refractivity contribution is 7.92. The average Bonchev–Trinajstić information content (AvgIpc) is 2.74. The minimum absolute atomic E-state index is 0.0509. The van der Waals surface area contributed by atoms with Crippen LogP contribution in [0.4, 0.5) is 20.2 Å². The van der Waals surface area contributed by atoms with Crippen LogP contribution in [0.5, 0.6) is 5.75 Å². The number of ether oxygens (including phenoxy) is 1. The normalized spacial score (nSPS) is 11.1. The maximum atomic E-state index is 13.2. The lowest BCUT2D eigenvalue weighted by Crippen LogP contribution is -2.29. The topological polar surface area (TPSA) is 75.7 Å². The molecule has 0 aromatic heterocycles. The van der Waals surface area contributed by atoms with Gasteiger partial charge in [0.2, 0.25) is 10.0 Å².